The molecule has 1 fully saturated rings. The lowest BCUT2D eigenvalue weighted by molar-refractivity contribution is 0.0688. The lowest BCUT2D eigenvalue weighted by Crippen LogP contribution is -2.24. The van der Waals surface area contributed by atoms with Crippen molar-refractivity contribution in [2.45, 2.75) is 12.1 Å². The van der Waals surface area contributed by atoms with Crippen molar-refractivity contribution >= 4 is 0 Å². The van der Waals surface area contributed by atoms with Gasteiger partial charge in [0.25, 0.3) is 0 Å². The number of hydrogen-bond donors (Lipinski definition) is 0. The summed E-state index contributed by atoms with van der Waals surface area (Å²) < 4.78 is 18.7. The molecule has 0 spiro atoms. The minimum atomic E-state index is 0.0171. The molecule has 6 heteroatoms. The third-order valence-electron chi connectivity index (χ3n) is 4.08. The van der Waals surface area contributed by atoms with Gasteiger partial charge in [0.15, 0.2) is 5.82 Å². The second kappa shape index (κ2) is 5.98. The van der Waals surface area contributed by atoms with Crippen LogP contribution in [0.1, 0.15) is 6.04 Å². The average molecular weight is 311 g/mol. The Bertz CT molecular complexity index is 781. The van der Waals surface area contributed by atoms with E-state index in [1.807, 2.05) is 41.1 Å². The van der Waals surface area contributed by atoms with Crippen LogP contribution < -0.4 is 0 Å². The zero-order chi connectivity index (χ0) is 15.6. The van der Waals surface area contributed by atoms with Crippen LogP contribution in [0, 0.1) is 0 Å². The maximum Gasteiger partial charge on any atom is 0.226 e. The van der Waals surface area contributed by atoms with Gasteiger partial charge in [0, 0.05) is 25.1 Å². The second-order valence-corrected chi connectivity index (χ2v) is 5.44. The summed E-state index contributed by atoms with van der Waals surface area (Å²) in [5, 5.41) is 0. The molecule has 1 aliphatic rings. The van der Waals surface area contributed by atoms with Crippen LogP contribution in [0.4, 0.5) is 0 Å². The molecule has 1 aromatic carbocycles. The fourth-order valence-corrected chi connectivity index (χ4v) is 2.88. The molecule has 3 aromatic rings. The maximum absolute atomic E-state index is 5.62. The number of nitrogens with zero attached hydrogens (tertiary/aromatic N) is 3. The summed E-state index contributed by atoms with van der Waals surface area (Å²) in [5.74, 6) is 1.34. The molecular weight excluding hydrogens is 294 g/mol. The fraction of sp³-hybridized carbons (Fsp3) is 0.294. The molecule has 4 rings (SSSR count). The van der Waals surface area contributed by atoms with Crippen molar-refractivity contribution in [3.05, 3.63) is 49.0 Å². The van der Waals surface area contributed by atoms with E-state index in [0.717, 1.165) is 11.4 Å². The number of rotatable bonds is 4. The minimum Gasteiger partial charge on any atom is -0.444 e. The van der Waals surface area contributed by atoms with E-state index in [-0.39, 0.29) is 12.1 Å². The van der Waals surface area contributed by atoms with Gasteiger partial charge in [0.05, 0.1) is 19.3 Å². The number of imidazole rings is 1. The quantitative estimate of drug-likeness (QED) is 0.741. The first-order chi connectivity index (χ1) is 11.4. The summed E-state index contributed by atoms with van der Waals surface area (Å²) in [6.45, 7) is 1.19. The Balaban J connectivity index is 1.68. The minimum absolute atomic E-state index is 0.0171. The molecule has 3 heterocycles. The average Bonchev–Trinajstić information content (AvgIpc) is 3.33. The largest absolute Gasteiger partial charge is 0.444 e. The molecular formula is C17H17N3O3. The van der Waals surface area contributed by atoms with Crippen molar-refractivity contribution < 1.29 is 13.9 Å². The summed E-state index contributed by atoms with van der Waals surface area (Å²) in [4.78, 5) is 9.01. The number of methoxy groups -OCH3 is 1. The van der Waals surface area contributed by atoms with E-state index < -0.39 is 0 Å². The molecule has 0 saturated carbocycles. The zero-order valence-corrected chi connectivity index (χ0v) is 12.8. The second-order valence-electron chi connectivity index (χ2n) is 5.44. The molecule has 0 radical (unpaired) electrons. The molecule has 118 valence electrons. The Labute approximate surface area is 133 Å². The van der Waals surface area contributed by atoms with E-state index in [9.17, 15) is 0 Å². The SMILES string of the molecule is CO[C@H]1COC[C@H]1n1ccnc1-c1coc(-c2ccccc2)n1. The zero-order valence-electron chi connectivity index (χ0n) is 12.8. The van der Waals surface area contributed by atoms with Crippen molar-refractivity contribution in [3.63, 3.8) is 0 Å². The van der Waals surface area contributed by atoms with Crippen LogP contribution in [-0.2, 0) is 9.47 Å². The standard InChI is InChI=1S/C17H17N3O3/c1-21-15-11-22-10-14(15)20-8-7-18-16(20)13-9-23-17(19-13)12-5-3-2-4-6-12/h2-9,14-15H,10-11H2,1H3/t14-,15+/m1/s1. The van der Waals surface area contributed by atoms with Crippen molar-refractivity contribution in [2.75, 3.05) is 20.3 Å². The summed E-state index contributed by atoms with van der Waals surface area (Å²) in [6.07, 6.45) is 5.34. The van der Waals surface area contributed by atoms with Gasteiger partial charge in [-0.15, -0.1) is 0 Å². The highest BCUT2D eigenvalue weighted by Gasteiger charge is 2.31. The molecule has 0 N–H and O–H groups in total. The highest BCUT2D eigenvalue weighted by Crippen LogP contribution is 2.29. The van der Waals surface area contributed by atoms with Crippen LogP contribution >= 0.6 is 0 Å². The van der Waals surface area contributed by atoms with Gasteiger partial charge in [-0.3, -0.25) is 0 Å². The van der Waals surface area contributed by atoms with E-state index >= 15 is 0 Å². The first-order valence-electron chi connectivity index (χ1n) is 7.51. The van der Waals surface area contributed by atoms with Gasteiger partial charge in [-0.05, 0) is 12.1 Å². The van der Waals surface area contributed by atoms with Crippen LogP contribution in [0.25, 0.3) is 23.0 Å². The third-order valence-corrected chi connectivity index (χ3v) is 4.08. The number of benzene rings is 1. The van der Waals surface area contributed by atoms with Gasteiger partial charge in [0.2, 0.25) is 5.89 Å². The topological polar surface area (TPSA) is 62.3 Å². The van der Waals surface area contributed by atoms with Gasteiger partial charge >= 0.3 is 0 Å². The number of aromatic nitrogens is 3. The molecule has 0 aliphatic carbocycles. The molecule has 0 bridgehead atoms. The van der Waals surface area contributed by atoms with Crippen molar-refractivity contribution in [2.24, 2.45) is 0 Å². The molecule has 0 unspecified atom stereocenters. The number of ether oxygens (including phenoxy) is 2. The Hall–Kier alpha value is -2.44. The smallest absolute Gasteiger partial charge is 0.226 e. The van der Waals surface area contributed by atoms with E-state index in [1.54, 1.807) is 19.6 Å². The molecule has 2 atom stereocenters. The van der Waals surface area contributed by atoms with Crippen LogP contribution in [-0.4, -0.2) is 41.0 Å². The van der Waals surface area contributed by atoms with Gasteiger partial charge in [-0.2, -0.15) is 0 Å². The lowest BCUT2D eigenvalue weighted by atomic mass is 10.2. The highest BCUT2D eigenvalue weighted by molar-refractivity contribution is 5.58. The summed E-state index contributed by atoms with van der Waals surface area (Å²) in [7, 11) is 1.70. The first-order valence-corrected chi connectivity index (χ1v) is 7.51. The molecule has 0 amide bonds. The lowest BCUT2D eigenvalue weighted by Gasteiger charge is -2.19. The van der Waals surface area contributed by atoms with E-state index in [0.29, 0.717) is 24.8 Å². The molecule has 2 aromatic heterocycles. The summed E-state index contributed by atoms with van der Waals surface area (Å²) in [5.41, 5.74) is 1.64. The Kier molecular flexibility index (Phi) is 3.69. The van der Waals surface area contributed by atoms with Gasteiger partial charge in [0.1, 0.15) is 18.1 Å². The molecule has 1 aliphatic heterocycles. The van der Waals surface area contributed by atoms with E-state index in [4.69, 9.17) is 13.9 Å². The van der Waals surface area contributed by atoms with E-state index in [1.165, 1.54) is 0 Å². The van der Waals surface area contributed by atoms with Crippen LogP contribution in [0.15, 0.2) is 53.4 Å². The van der Waals surface area contributed by atoms with Gasteiger partial charge < -0.3 is 18.5 Å². The van der Waals surface area contributed by atoms with Crippen LogP contribution in [0.2, 0.25) is 0 Å². The van der Waals surface area contributed by atoms with Crippen molar-refractivity contribution in [3.8, 4) is 23.0 Å². The van der Waals surface area contributed by atoms with Crippen LogP contribution in [0.5, 0.6) is 0 Å². The normalized spacial score (nSPS) is 20.9. The molecule has 1 saturated heterocycles. The highest BCUT2D eigenvalue weighted by atomic mass is 16.5. The Morgan fingerprint density at radius 2 is 2.09 bits per heavy atom. The third kappa shape index (κ3) is 2.56. The Morgan fingerprint density at radius 1 is 1.22 bits per heavy atom. The van der Waals surface area contributed by atoms with Crippen molar-refractivity contribution in [1.82, 2.24) is 14.5 Å². The fourth-order valence-electron chi connectivity index (χ4n) is 2.88. The first kappa shape index (κ1) is 14.2. The number of hydrogen-bond acceptors (Lipinski definition) is 5. The number of oxazole rings is 1. The summed E-state index contributed by atoms with van der Waals surface area (Å²) in [6, 6.07) is 9.90. The summed E-state index contributed by atoms with van der Waals surface area (Å²) >= 11 is 0. The predicted molar refractivity (Wildman–Crippen MR) is 83.8 cm³/mol. The van der Waals surface area contributed by atoms with Gasteiger partial charge in [-0.25, -0.2) is 9.97 Å². The van der Waals surface area contributed by atoms with Crippen molar-refractivity contribution in [1.29, 1.82) is 0 Å². The predicted octanol–water partition coefficient (Wildman–Crippen LogP) is 2.79. The molecule has 6 nitrogen and oxygen atoms in total. The molecule has 23 heavy (non-hydrogen) atoms. The monoisotopic (exact) mass is 311 g/mol. The maximum atomic E-state index is 5.62. The Morgan fingerprint density at radius 3 is 2.91 bits per heavy atom. The van der Waals surface area contributed by atoms with Crippen LogP contribution in [0.3, 0.4) is 0 Å². The van der Waals surface area contributed by atoms with E-state index in [2.05, 4.69) is 9.97 Å². The van der Waals surface area contributed by atoms with Gasteiger partial charge in [-0.1, -0.05) is 18.2 Å².